The third-order valence-corrected chi connectivity index (χ3v) is 15.1. The molecule has 1 amide bonds. The fraction of sp³-hybridized carbons (Fsp3) is 0.404. The van der Waals surface area contributed by atoms with Crippen LogP contribution in [-0.4, -0.2) is 121 Å². The number of hydrogen-bond acceptors (Lipinski definition) is 14. The quantitative estimate of drug-likeness (QED) is 0.0332. The van der Waals surface area contributed by atoms with Crippen molar-refractivity contribution >= 4 is 78.4 Å². The van der Waals surface area contributed by atoms with E-state index < -0.39 is 34.6 Å². The Kier molecular flexibility index (Phi) is 21.0. The number of benzene rings is 2. The minimum atomic E-state index is -4.64. The molecule has 20 nitrogen and oxygen atoms in total. The molecule has 6 heterocycles. The molecule has 2 aromatic carbocycles. The molecule has 0 saturated heterocycles. The monoisotopic (exact) mass is 1130 g/mol. The van der Waals surface area contributed by atoms with Gasteiger partial charge < -0.3 is 34.8 Å². The van der Waals surface area contributed by atoms with Crippen LogP contribution in [0.5, 0.6) is 0 Å². The zero-order valence-corrected chi connectivity index (χ0v) is 47.5. The van der Waals surface area contributed by atoms with Gasteiger partial charge in [0.05, 0.1) is 53.0 Å². The zero-order chi connectivity index (χ0) is 58.6. The van der Waals surface area contributed by atoms with E-state index in [1.807, 2.05) is 6.07 Å². The molecule has 79 heavy (non-hydrogen) atoms. The molecule has 0 aliphatic carbocycles. The number of hydrogen-bond donors (Lipinski definition) is 3. The van der Waals surface area contributed by atoms with Crippen LogP contribution in [0, 0.1) is 46.1 Å². The molecule has 8 rings (SSSR count). The summed E-state index contributed by atoms with van der Waals surface area (Å²) >= 11 is 0. The molecular weight excluding hydrogens is 1070 g/mol. The maximum Gasteiger partial charge on any atom is 0.446 e. The van der Waals surface area contributed by atoms with E-state index in [0.717, 1.165) is 17.5 Å². The number of rotatable bonds is 17. The normalized spacial score (nSPS) is 12.4. The highest BCUT2D eigenvalue weighted by molar-refractivity contribution is 6.76. The van der Waals surface area contributed by atoms with Gasteiger partial charge in [0.2, 0.25) is 6.29 Å². The lowest BCUT2D eigenvalue weighted by atomic mass is 10.1. The van der Waals surface area contributed by atoms with E-state index in [1.165, 1.54) is 30.5 Å². The Morgan fingerprint density at radius 1 is 0.759 bits per heavy atom. The molecule has 420 valence electrons. The number of aldehydes is 1. The largest absolute Gasteiger partial charge is 0.478 e. The Morgan fingerprint density at radius 3 is 1.54 bits per heavy atom. The molecule has 8 aromatic rings. The first-order valence-electron chi connectivity index (χ1n) is 24.7. The van der Waals surface area contributed by atoms with Crippen molar-refractivity contribution in [2.75, 3.05) is 26.3 Å². The predicted octanol–water partition coefficient (Wildman–Crippen LogP) is 9.31. The van der Waals surface area contributed by atoms with Crippen LogP contribution in [0.1, 0.15) is 34.6 Å². The van der Waals surface area contributed by atoms with E-state index in [4.69, 9.17) is 35.5 Å². The van der Waals surface area contributed by atoms with Gasteiger partial charge in [-0.15, -0.1) is 0 Å². The van der Waals surface area contributed by atoms with Crippen molar-refractivity contribution in [3.05, 3.63) is 83.9 Å². The van der Waals surface area contributed by atoms with Gasteiger partial charge in [0.15, 0.2) is 11.3 Å². The first kappa shape index (κ1) is 62.0. The number of aryl methyl sites for hydroxylation is 2. The third kappa shape index (κ3) is 17.1. The van der Waals surface area contributed by atoms with E-state index in [9.17, 15) is 36.6 Å². The molecule has 0 saturated carbocycles. The summed E-state index contributed by atoms with van der Waals surface area (Å²) in [4.78, 5) is 52.0. The van der Waals surface area contributed by atoms with Gasteiger partial charge in [0, 0.05) is 79.7 Å². The zero-order valence-electron chi connectivity index (χ0n) is 45.5. The fourth-order valence-electron chi connectivity index (χ4n) is 7.21. The number of nitrogens with two attached hydrogens (primary N) is 1. The standard InChI is InChI=1S/C25H30FN7O2Si.C21H24FN5O3Si.C4H8N2.C2HF3O/c1-16(11-27)12-29-25(34)19-14-33(15-35-8-9-36(3,4)5)24-23(19)30-20(13-28-24)22-18-7-6-17(26)10-21(18)32(2)31-22;1-26-17-9-13(22)5-6-14(17)18(25-26)16-10-23-20-19(24-16)15(21(28)29)11-27(20)12-30-7-8-31(2,3)4;1-4(2-5)3-6;3-2(4,5)1-6/h6-7,10,13-14,16H,8-9,12,15H2,1-5H3,(H,29,34);5-6,9-11H,7-8,12H2,1-4H3,(H,28,29);4H,2,5H2,1H3;1H/t16-;;4-;/m0.1./s1. The van der Waals surface area contributed by atoms with Crippen molar-refractivity contribution in [3.8, 4) is 34.9 Å². The van der Waals surface area contributed by atoms with Crippen LogP contribution in [0.3, 0.4) is 0 Å². The molecule has 0 spiro atoms. The number of carboxylic acids is 1. The molecule has 0 bridgehead atoms. The molecule has 0 aliphatic rings. The lowest BCUT2D eigenvalue weighted by Gasteiger charge is -2.15. The summed E-state index contributed by atoms with van der Waals surface area (Å²) < 4.78 is 76.9. The number of carbonyl (C=O) groups is 3. The molecule has 0 unspecified atom stereocenters. The Bertz CT molecular complexity index is 3530. The minimum Gasteiger partial charge on any atom is -0.478 e. The first-order valence-corrected chi connectivity index (χ1v) is 32.2. The summed E-state index contributed by atoms with van der Waals surface area (Å²) in [5.74, 6) is -2.45. The third-order valence-electron chi connectivity index (χ3n) is 11.7. The van der Waals surface area contributed by atoms with Gasteiger partial charge in [-0.3, -0.25) is 19.0 Å². The molecule has 4 N–H and O–H groups in total. The second kappa shape index (κ2) is 26.7. The van der Waals surface area contributed by atoms with E-state index in [2.05, 4.69) is 75.8 Å². The van der Waals surface area contributed by atoms with Gasteiger partial charge >= 0.3 is 12.1 Å². The summed E-state index contributed by atoms with van der Waals surface area (Å²) in [6.07, 6.45) is 0.634. The number of nitriles is 2. The van der Waals surface area contributed by atoms with Gasteiger partial charge in [-0.05, 0) is 62.3 Å². The lowest BCUT2D eigenvalue weighted by molar-refractivity contribution is -0.156. The van der Waals surface area contributed by atoms with Gasteiger partial charge in [0.25, 0.3) is 5.91 Å². The van der Waals surface area contributed by atoms with E-state index in [-0.39, 0.29) is 60.5 Å². The average molecular weight is 1130 g/mol. The summed E-state index contributed by atoms with van der Waals surface area (Å²) in [7, 11) is 0.992. The number of fused-ring (bicyclic) bond motifs is 4. The van der Waals surface area contributed by atoms with Crippen molar-refractivity contribution in [1.82, 2.24) is 53.9 Å². The molecule has 27 heteroatoms. The number of nitrogens with zero attached hydrogens (tertiary/aromatic N) is 12. The summed E-state index contributed by atoms with van der Waals surface area (Å²) in [5.41, 5.74) is 10.3. The maximum atomic E-state index is 13.8. The summed E-state index contributed by atoms with van der Waals surface area (Å²) in [5, 5.41) is 40.0. The fourth-order valence-corrected chi connectivity index (χ4v) is 8.73. The van der Waals surface area contributed by atoms with Crippen molar-refractivity contribution in [3.63, 3.8) is 0 Å². The van der Waals surface area contributed by atoms with Crippen molar-refractivity contribution in [1.29, 1.82) is 10.5 Å². The van der Waals surface area contributed by atoms with E-state index in [0.29, 0.717) is 81.3 Å². The van der Waals surface area contributed by atoms with Gasteiger partial charge in [-0.1, -0.05) is 39.3 Å². The number of carboxylic acid groups (broad SMARTS) is 1. The van der Waals surface area contributed by atoms with Crippen molar-refractivity contribution in [2.45, 2.75) is 84.9 Å². The van der Waals surface area contributed by atoms with Crippen molar-refractivity contribution < 1.29 is 50.9 Å². The lowest BCUT2D eigenvalue weighted by Crippen LogP contribution is -2.27. The number of aromatic carboxylic acids is 1. The Hall–Kier alpha value is -7.83. The second-order valence-electron chi connectivity index (χ2n) is 20.8. The maximum absolute atomic E-state index is 13.8. The van der Waals surface area contributed by atoms with E-state index >= 15 is 0 Å². The van der Waals surface area contributed by atoms with Gasteiger partial charge in [-0.2, -0.15) is 33.9 Å². The smallest absolute Gasteiger partial charge is 0.446 e. The minimum absolute atomic E-state index is 0.0185. The summed E-state index contributed by atoms with van der Waals surface area (Å²) in [6, 6.07) is 15.0. The van der Waals surface area contributed by atoms with Crippen LogP contribution in [-0.2, 0) is 41.8 Å². The van der Waals surface area contributed by atoms with Crippen LogP contribution in [0.25, 0.3) is 66.9 Å². The number of aromatic nitrogens is 10. The molecule has 0 aliphatic heterocycles. The Labute approximate surface area is 454 Å². The molecule has 6 aromatic heterocycles. The van der Waals surface area contributed by atoms with E-state index in [1.54, 1.807) is 77.2 Å². The molecule has 2 atom stereocenters. The van der Waals surface area contributed by atoms with Crippen LogP contribution >= 0.6 is 0 Å². The van der Waals surface area contributed by atoms with Gasteiger partial charge in [0.1, 0.15) is 64.5 Å². The number of nitrogens with one attached hydrogen (secondary N) is 1. The van der Waals surface area contributed by atoms with Crippen LogP contribution < -0.4 is 11.1 Å². The number of alkyl halides is 3. The molecular formula is C52H63F5N14O6Si2. The SMILES string of the molecule is C[C@@H](C#N)CN.C[C@@H](C#N)CNC(=O)c1cn(COCC[Si](C)(C)C)c2ncc(-c3nn(C)c4cc(F)ccc34)nc12.Cn1nc(-c2cnc3c(n2)c(C(=O)O)cn3COCC[Si](C)(C)C)c2ccc(F)cc21.O=CC(F)(F)F. The number of halogens is 5. The number of ether oxygens (including phenoxy) is 2. The van der Waals surface area contributed by atoms with Crippen molar-refractivity contribution in [2.24, 2.45) is 31.7 Å². The van der Waals surface area contributed by atoms with Crippen LogP contribution in [0.15, 0.2) is 61.2 Å². The van der Waals surface area contributed by atoms with Gasteiger partial charge in [-0.25, -0.2) is 33.5 Å². The number of amides is 1. The Morgan fingerprint density at radius 2 is 1.18 bits per heavy atom. The highest BCUT2D eigenvalue weighted by atomic mass is 28.3. The summed E-state index contributed by atoms with van der Waals surface area (Å²) in [6.45, 7) is 19.6. The van der Waals surface area contributed by atoms with Crippen LogP contribution in [0.4, 0.5) is 22.0 Å². The average Bonchev–Trinajstić information content (AvgIpc) is 4.24. The number of carbonyl (C=O) groups excluding carboxylic acids is 2. The second-order valence-corrected chi connectivity index (χ2v) is 32.1. The predicted molar refractivity (Wildman–Crippen MR) is 293 cm³/mol. The molecule has 0 radical (unpaired) electrons. The molecule has 0 fully saturated rings. The van der Waals surface area contributed by atoms with Crippen LogP contribution in [0.2, 0.25) is 51.4 Å². The topological polar surface area (TPSA) is 273 Å². The first-order chi connectivity index (χ1) is 37.1. The Balaban J connectivity index is 0.000000242. The highest BCUT2D eigenvalue weighted by Gasteiger charge is 2.26. The highest BCUT2D eigenvalue weighted by Crippen LogP contribution is 2.31.